The zero-order valence-corrected chi connectivity index (χ0v) is 16.0. The minimum atomic E-state index is -0.402. The lowest BCUT2D eigenvalue weighted by Gasteiger charge is -2.07. The molecule has 1 aromatic rings. The molecule has 0 spiro atoms. The largest absolute Gasteiger partial charge is 0.390 e. The first-order valence-electron chi connectivity index (χ1n) is 9.53. The molecule has 142 valence electrons. The predicted octanol–water partition coefficient (Wildman–Crippen LogP) is 4.17. The molecule has 0 radical (unpaired) electrons. The molecule has 0 aliphatic carbocycles. The van der Waals surface area contributed by atoms with Gasteiger partial charge in [-0.25, -0.2) is 0 Å². The molecular weight excluding hydrogens is 326 g/mol. The summed E-state index contributed by atoms with van der Waals surface area (Å²) in [6, 6.07) is 9.71. The number of hydrogen-bond acceptors (Lipinski definition) is 4. The Morgan fingerprint density at radius 2 is 1.81 bits per heavy atom. The Labute approximate surface area is 157 Å². The van der Waals surface area contributed by atoms with E-state index >= 15 is 0 Å². The first-order chi connectivity index (χ1) is 12.7. The van der Waals surface area contributed by atoms with Crippen LogP contribution >= 0.6 is 0 Å². The molecule has 0 saturated heterocycles. The number of hydrogen-bond donors (Lipinski definition) is 2. The summed E-state index contributed by atoms with van der Waals surface area (Å²) in [7, 11) is 0. The highest BCUT2D eigenvalue weighted by atomic mass is 16.5. The van der Waals surface area contributed by atoms with Crippen LogP contribution < -0.4 is 10.6 Å². The highest BCUT2D eigenvalue weighted by molar-refractivity contribution is 6.06. The highest BCUT2D eigenvalue weighted by Gasteiger charge is 2.09. The Kier molecular flexibility index (Phi) is 11.6. The van der Waals surface area contributed by atoms with Crippen LogP contribution in [-0.2, 0) is 16.0 Å². The molecule has 5 nitrogen and oxygen atoms in total. The van der Waals surface area contributed by atoms with Gasteiger partial charge in [-0.1, -0.05) is 38.8 Å². The molecule has 0 saturated carbocycles. The van der Waals surface area contributed by atoms with E-state index in [1.165, 1.54) is 11.8 Å². The van der Waals surface area contributed by atoms with Gasteiger partial charge in [0.25, 0.3) is 5.91 Å². The van der Waals surface area contributed by atoms with Crippen molar-refractivity contribution in [1.82, 2.24) is 5.32 Å². The lowest BCUT2D eigenvalue weighted by Crippen LogP contribution is -2.17. The van der Waals surface area contributed by atoms with E-state index in [1.807, 2.05) is 30.3 Å². The van der Waals surface area contributed by atoms with Crippen LogP contribution in [0.15, 0.2) is 36.0 Å². The number of aryl methyl sites for hydroxylation is 1. The van der Waals surface area contributed by atoms with Gasteiger partial charge in [-0.2, -0.15) is 5.26 Å². The topological polar surface area (TPSA) is 74.1 Å². The summed E-state index contributed by atoms with van der Waals surface area (Å²) in [5.74, 6) is -0.402. The SMILES string of the molecule is CCCCOCCCN/C=C(/C#N)C(=O)Nc1ccc(CCCC)cc1. The summed E-state index contributed by atoms with van der Waals surface area (Å²) in [6.45, 7) is 6.42. The molecule has 0 heterocycles. The van der Waals surface area contributed by atoms with Crippen molar-refractivity contribution in [3.8, 4) is 6.07 Å². The number of nitrogens with one attached hydrogen (secondary N) is 2. The average Bonchev–Trinajstić information content (AvgIpc) is 2.66. The van der Waals surface area contributed by atoms with E-state index in [4.69, 9.17) is 4.74 Å². The van der Waals surface area contributed by atoms with Gasteiger partial charge in [0.05, 0.1) is 0 Å². The predicted molar refractivity (Wildman–Crippen MR) is 106 cm³/mol. The van der Waals surface area contributed by atoms with Gasteiger partial charge in [-0.15, -0.1) is 0 Å². The van der Waals surface area contributed by atoms with Gasteiger partial charge in [0.15, 0.2) is 0 Å². The molecule has 1 aromatic carbocycles. The van der Waals surface area contributed by atoms with Crippen molar-refractivity contribution in [3.05, 3.63) is 41.6 Å². The second-order valence-electron chi connectivity index (χ2n) is 6.20. The van der Waals surface area contributed by atoms with Crippen molar-refractivity contribution in [3.63, 3.8) is 0 Å². The smallest absolute Gasteiger partial charge is 0.267 e. The summed E-state index contributed by atoms with van der Waals surface area (Å²) in [5.41, 5.74) is 2.01. The van der Waals surface area contributed by atoms with Gasteiger partial charge in [0.1, 0.15) is 11.6 Å². The molecule has 0 unspecified atom stereocenters. The third-order valence-corrected chi connectivity index (χ3v) is 3.89. The van der Waals surface area contributed by atoms with Crippen LogP contribution in [0.2, 0.25) is 0 Å². The monoisotopic (exact) mass is 357 g/mol. The van der Waals surface area contributed by atoms with Gasteiger partial charge < -0.3 is 15.4 Å². The van der Waals surface area contributed by atoms with Gasteiger partial charge >= 0.3 is 0 Å². The van der Waals surface area contributed by atoms with E-state index in [2.05, 4.69) is 24.5 Å². The molecule has 1 amide bonds. The fraction of sp³-hybridized carbons (Fsp3) is 0.524. The van der Waals surface area contributed by atoms with Crippen LogP contribution in [0.5, 0.6) is 0 Å². The fourth-order valence-electron chi connectivity index (χ4n) is 2.28. The molecule has 0 aliphatic heterocycles. The van der Waals surface area contributed by atoms with E-state index in [9.17, 15) is 10.1 Å². The fourth-order valence-corrected chi connectivity index (χ4v) is 2.28. The number of carbonyl (C=O) groups is 1. The van der Waals surface area contributed by atoms with Crippen molar-refractivity contribution in [2.45, 2.75) is 52.4 Å². The molecule has 0 aliphatic rings. The quantitative estimate of drug-likeness (QED) is 0.316. The highest BCUT2D eigenvalue weighted by Crippen LogP contribution is 2.12. The Morgan fingerprint density at radius 3 is 2.46 bits per heavy atom. The van der Waals surface area contributed by atoms with E-state index in [1.54, 1.807) is 0 Å². The maximum Gasteiger partial charge on any atom is 0.267 e. The minimum absolute atomic E-state index is 0.0620. The van der Waals surface area contributed by atoms with Crippen LogP contribution in [0.3, 0.4) is 0 Å². The molecule has 2 N–H and O–H groups in total. The Hall–Kier alpha value is -2.32. The Bertz CT molecular complexity index is 588. The third-order valence-electron chi connectivity index (χ3n) is 3.89. The van der Waals surface area contributed by atoms with Crippen molar-refractivity contribution < 1.29 is 9.53 Å². The zero-order chi connectivity index (χ0) is 19.0. The molecule has 0 bridgehead atoms. The number of carbonyl (C=O) groups excluding carboxylic acids is 1. The molecule has 0 fully saturated rings. The average molecular weight is 357 g/mol. The minimum Gasteiger partial charge on any atom is -0.390 e. The molecule has 5 heteroatoms. The zero-order valence-electron chi connectivity index (χ0n) is 16.0. The second-order valence-corrected chi connectivity index (χ2v) is 6.20. The Balaban J connectivity index is 2.37. The number of nitriles is 1. The molecule has 1 rings (SSSR count). The normalized spacial score (nSPS) is 11.0. The lowest BCUT2D eigenvalue weighted by atomic mass is 10.1. The summed E-state index contributed by atoms with van der Waals surface area (Å²) in [5, 5.41) is 14.9. The number of amides is 1. The summed E-state index contributed by atoms with van der Waals surface area (Å²) in [4.78, 5) is 12.2. The van der Waals surface area contributed by atoms with E-state index < -0.39 is 5.91 Å². The standard InChI is InChI=1S/C21H31N3O2/c1-3-5-8-18-9-11-20(12-10-18)24-21(25)19(16-22)17-23-13-7-15-26-14-6-4-2/h9-12,17,23H,3-8,13-15H2,1-2H3,(H,24,25)/b19-17-. The number of unbranched alkanes of at least 4 members (excludes halogenated alkanes) is 2. The number of nitrogens with zero attached hydrogens (tertiary/aromatic N) is 1. The molecule has 26 heavy (non-hydrogen) atoms. The maximum atomic E-state index is 12.2. The van der Waals surface area contributed by atoms with Gasteiger partial charge in [0.2, 0.25) is 0 Å². The maximum absolute atomic E-state index is 12.2. The number of benzene rings is 1. The van der Waals surface area contributed by atoms with Gasteiger partial charge in [-0.05, 0) is 43.4 Å². The summed E-state index contributed by atoms with van der Waals surface area (Å²) >= 11 is 0. The summed E-state index contributed by atoms with van der Waals surface area (Å²) < 4.78 is 5.46. The van der Waals surface area contributed by atoms with Crippen LogP contribution in [0, 0.1) is 11.3 Å². The molecule has 0 atom stereocenters. The van der Waals surface area contributed by atoms with Crippen molar-refractivity contribution in [2.75, 3.05) is 25.1 Å². The van der Waals surface area contributed by atoms with Gasteiger partial charge in [0, 0.05) is 31.6 Å². The van der Waals surface area contributed by atoms with Gasteiger partial charge in [-0.3, -0.25) is 4.79 Å². The number of anilines is 1. The lowest BCUT2D eigenvalue weighted by molar-refractivity contribution is -0.112. The number of rotatable bonds is 13. The van der Waals surface area contributed by atoms with E-state index in [0.717, 1.165) is 45.1 Å². The van der Waals surface area contributed by atoms with Crippen molar-refractivity contribution in [1.29, 1.82) is 5.26 Å². The molecular formula is C21H31N3O2. The first kappa shape index (κ1) is 21.7. The molecule has 0 aromatic heterocycles. The van der Waals surface area contributed by atoms with Crippen LogP contribution in [-0.4, -0.2) is 25.7 Å². The Morgan fingerprint density at radius 1 is 1.12 bits per heavy atom. The number of ether oxygens (including phenoxy) is 1. The van der Waals surface area contributed by atoms with Crippen LogP contribution in [0.1, 0.15) is 51.5 Å². The van der Waals surface area contributed by atoms with Crippen LogP contribution in [0.25, 0.3) is 0 Å². The van der Waals surface area contributed by atoms with Crippen molar-refractivity contribution >= 4 is 11.6 Å². The third kappa shape index (κ3) is 9.24. The summed E-state index contributed by atoms with van der Waals surface area (Å²) in [6.07, 6.45) is 7.86. The van der Waals surface area contributed by atoms with E-state index in [0.29, 0.717) is 18.8 Å². The van der Waals surface area contributed by atoms with Crippen LogP contribution in [0.4, 0.5) is 5.69 Å². The van der Waals surface area contributed by atoms with E-state index in [-0.39, 0.29) is 5.57 Å². The second kappa shape index (κ2) is 13.9. The first-order valence-corrected chi connectivity index (χ1v) is 9.53. The van der Waals surface area contributed by atoms with Crippen molar-refractivity contribution in [2.24, 2.45) is 0 Å².